The van der Waals surface area contributed by atoms with Gasteiger partial charge in [-0.05, 0) is 104 Å². The minimum absolute atomic E-state index is 1.09. The van der Waals surface area contributed by atoms with Crippen LogP contribution in [0.4, 0.5) is 17.1 Å². The van der Waals surface area contributed by atoms with Gasteiger partial charge in [-0.1, -0.05) is 188 Å². The van der Waals surface area contributed by atoms with Gasteiger partial charge in [-0.15, -0.1) is 11.3 Å². The molecule has 13 aromatic rings. The molecule has 0 saturated heterocycles. The molecule has 13 rings (SSSR count). The van der Waals surface area contributed by atoms with E-state index in [1.54, 1.807) is 0 Å². The van der Waals surface area contributed by atoms with Crippen LogP contribution in [0.3, 0.4) is 0 Å². The van der Waals surface area contributed by atoms with Crippen LogP contribution in [0.2, 0.25) is 0 Å². The van der Waals surface area contributed by atoms with Gasteiger partial charge in [0.05, 0.1) is 27.1 Å². The zero-order valence-corrected chi connectivity index (χ0v) is 36.2. The van der Waals surface area contributed by atoms with Crippen LogP contribution >= 0.6 is 11.3 Å². The Labute approximate surface area is 381 Å². The Morgan fingerprint density at radius 3 is 1.49 bits per heavy atom. The molecule has 0 aliphatic heterocycles. The van der Waals surface area contributed by atoms with Crippen LogP contribution in [0.5, 0.6) is 0 Å². The van der Waals surface area contributed by atoms with Gasteiger partial charge in [0, 0.05) is 43.2 Å². The Morgan fingerprint density at radius 2 is 0.800 bits per heavy atom. The van der Waals surface area contributed by atoms with Crippen molar-refractivity contribution in [3.8, 4) is 39.1 Å². The standard InChI is InChI=1S/C62H40N2S/c1-3-19-47-41(15-1)17-11-24-49(47)43-33-37-45(38-34-43)63(46-39-35-44(36-40-46)50-25-12-18-42-16-2-4-20-48(42)50)56-28-8-5-21-51(56)53-26-13-30-58-61(53)55-23-6-9-29-57(55)64(58)59-31-14-27-54-52-22-7-10-32-60(52)65-62(54)59/h1-40H. The first-order chi connectivity index (χ1) is 32.3. The monoisotopic (exact) mass is 844 g/mol. The first kappa shape index (κ1) is 37.3. The molecule has 3 heteroatoms. The van der Waals surface area contributed by atoms with Crippen molar-refractivity contribution >= 4 is 91.9 Å². The van der Waals surface area contributed by atoms with Crippen molar-refractivity contribution in [2.75, 3.05) is 4.90 Å². The number of anilines is 3. The summed E-state index contributed by atoms with van der Waals surface area (Å²) in [5.41, 5.74) is 14.1. The second kappa shape index (κ2) is 15.2. The Kier molecular flexibility index (Phi) is 8.75. The number of rotatable bonds is 7. The summed E-state index contributed by atoms with van der Waals surface area (Å²) in [7, 11) is 0. The average molecular weight is 845 g/mol. The van der Waals surface area contributed by atoms with Crippen LogP contribution in [0.15, 0.2) is 243 Å². The molecule has 0 aliphatic carbocycles. The van der Waals surface area contributed by atoms with Crippen molar-refractivity contribution in [3.05, 3.63) is 243 Å². The molecule has 0 amide bonds. The molecule has 65 heavy (non-hydrogen) atoms. The third-order valence-electron chi connectivity index (χ3n) is 13.2. The third kappa shape index (κ3) is 6.08. The van der Waals surface area contributed by atoms with Crippen LogP contribution in [0.1, 0.15) is 0 Å². The molecule has 0 N–H and O–H groups in total. The fraction of sp³-hybridized carbons (Fsp3) is 0. The minimum Gasteiger partial charge on any atom is -0.310 e. The molecule has 2 heterocycles. The van der Waals surface area contributed by atoms with Gasteiger partial charge in [0.25, 0.3) is 0 Å². The van der Waals surface area contributed by atoms with E-state index in [-0.39, 0.29) is 0 Å². The van der Waals surface area contributed by atoms with E-state index in [9.17, 15) is 0 Å². The Hall–Kier alpha value is -8.24. The van der Waals surface area contributed by atoms with Crippen molar-refractivity contribution in [1.82, 2.24) is 4.57 Å². The first-order valence-electron chi connectivity index (χ1n) is 22.3. The maximum atomic E-state index is 2.49. The molecule has 2 aromatic heterocycles. The maximum absolute atomic E-state index is 2.49. The molecule has 0 unspecified atom stereocenters. The van der Waals surface area contributed by atoms with Gasteiger partial charge in [0.2, 0.25) is 0 Å². The summed E-state index contributed by atoms with van der Waals surface area (Å²) < 4.78 is 5.09. The lowest BCUT2D eigenvalue weighted by atomic mass is 9.95. The first-order valence-corrected chi connectivity index (χ1v) is 23.1. The van der Waals surface area contributed by atoms with Gasteiger partial charge in [0.15, 0.2) is 0 Å². The SMILES string of the molecule is c1ccc(N(c2ccc(-c3cccc4ccccc34)cc2)c2ccc(-c3cccc4ccccc34)cc2)c(-c2cccc3c2c2ccccc2n3-c2cccc3c2sc2ccccc23)c1. The fourth-order valence-electron chi connectivity index (χ4n) is 10.3. The number of aromatic nitrogens is 1. The highest BCUT2D eigenvalue weighted by atomic mass is 32.1. The smallest absolute Gasteiger partial charge is 0.0640 e. The highest BCUT2D eigenvalue weighted by Gasteiger charge is 2.23. The van der Waals surface area contributed by atoms with E-state index in [1.807, 2.05) is 11.3 Å². The van der Waals surface area contributed by atoms with E-state index in [0.717, 1.165) is 22.6 Å². The van der Waals surface area contributed by atoms with Crippen LogP contribution in [0.25, 0.3) is 103 Å². The lowest BCUT2D eigenvalue weighted by Gasteiger charge is -2.28. The van der Waals surface area contributed by atoms with Crippen molar-refractivity contribution in [2.45, 2.75) is 0 Å². The topological polar surface area (TPSA) is 8.17 Å². The number of thiophene rings is 1. The van der Waals surface area contributed by atoms with Crippen LogP contribution < -0.4 is 4.90 Å². The van der Waals surface area contributed by atoms with Gasteiger partial charge in [-0.3, -0.25) is 0 Å². The third-order valence-corrected chi connectivity index (χ3v) is 14.4. The minimum atomic E-state index is 1.09. The van der Waals surface area contributed by atoms with Crippen LogP contribution in [-0.2, 0) is 0 Å². The quantitative estimate of drug-likeness (QED) is 0.155. The number of fused-ring (bicyclic) bond motifs is 8. The van der Waals surface area contributed by atoms with E-state index in [0.29, 0.717) is 0 Å². The molecular weight excluding hydrogens is 805 g/mol. The van der Waals surface area contributed by atoms with E-state index >= 15 is 0 Å². The number of para-hydroxylation sites is 2. The van der Waals surface area contributed by atoms with Crippen molar-refractivity contribution in [1.29, 1.82) is 0 Å². The highest BCUT2D eigenvalue weighted by molar-refractivity contribution is 7.26. The van der Waals surface area contributed by atoms with Gasteiger partial charge >= 0.3 is 0 Å². The lowest BCUT2D eigenvalue weighted by Crippen LogP contribution is -2.11. The second-order valence-corrected chi connectivity index (χ2v) is 17.9. The summed E-state index contributed by atoms with van der Waals surface area (Å²) in [5, 5.41) is 10.1. The molecule has 0 spiro atoms. The summed E-state index contributed by atoms with van der Waals surface area (Å²) in [5.74, 6) is 0. The van der Waals surface area contributed by atoms with E-state index in [2.05, 4.69) is 252 Å². The molecule has 0 aliphatic rings. The molecule has 0 bridgehead atoms. The van der Waals surface area contributed by atoms with Gasteiger partial charge in [-0.2, -0.15) is 0 Å². The predicted octanol–water partition coefficient (Wildman–Crippen LogP) is 17.9. The predicted molar refractivity (Wildman–Crippen MR) is 280 cm³/mol. The normalized spacial score (nSPS) is 11.7. The number of benzene rings is 11. The van der Waals surface area contributed by atoms with Crippen LogP contribution in [-0.4, -0.2) is 4.57 Å². The molecule has 0 atom stereocenters. The Morgan fingerprint density at radius 1 is 0.323 bits per heavy atom. The second-order valence-electron chi connectivity index (χ2n) is 16.8. The van der Waals surface area contributed by atoms with E-state index in [1.165, 1.54) is 97.0 Å². The van der Waals surface area contributed by atoms with Crippen molar-refractivity contribution in [2.24, 2.45) is 0 Å². The lowest BCUT2D eigenvalue weighted by molar-refractivity contribution is 1.20. The van der Waals surface area contributed by atoms with E-state index in [4.69, 9.17) is 0 Å². The largest absolute Gasteiger partial charge is 0.310 e. The average Bonchev–Trinajstić information content (AvgIpc) is 3.93. The van der Waals surface area contributed by atoms with Crippen molar-refractivity contribution < 1.29 is 0 Å². The summed E-state index contributed by atoms with van der Waals surface area (Å²) in [4.78, 5) is 2.44. The highest BCUT2D eigenvalue weighted by Crippen LogP contribution is 2.47. The van der Waals surface area contributed by atoms with Gasteiger partial charge < -0.3 is 9.47 Å². The molecule has 0 saturated carbocycles. The molecule has 11 aromatic carbocycles. The summed E-state index contributed by atoms with van der Waals surface area (Å²) in [6.45, 7) is 0. The fourth-order valence-corrected chi connectivity index (χ4v) is 11.5. The summed E-state index contributed by atoms with van der Waals surface area (Å²) in [6.07, 6.45) is 0. The van der Waals surface area contributed by atoms with Gasteiger partial charge in [-0.25, -0.2) is 0 Å². The molecule has 2 nitrogen and oxygen atoms in total. The summed E-state index contributed by atoms with van der Waals surface area (Å²) in [6, 6.07) is 88.9. The zero-order chi connectivity index (χ0) is 42.8. The Bertz CT molecular complexity index is 3820. The van der Waals surface area contributed by atoms with Gasteiger partial charge in [0.1, 0.15) is 0 Å². The number of hydrogen-bond donors (Lipinski definition) is 0. The van der Waals surface area contributed by atoms with E-state index < -0.39 is 0 Å². The Balaban J connectivity index is 1.01. The van der Waals surface area contributed by atoms with Crippen molar-refractivity contribution in [3.63, 3.8) is 0 Å². The molecule has 0 radical (unpaired) electrons. The van der Waals surface area contributed by atoms with Crippen LogP contribution in [0, 0.1) is 0 Å². The number of nitrogens with zero attached hydrogens (tertiary/aromatic N) is 2. The molecule has 304 valence electrons. The maximum Gasteiger partial charge on any atom is 0.0640 e. The summed E-state index contributed by atoms with van der Waals surface area (Å²) >= 11 is 1.88. The number of hydrogen-bond acceptors (Lipinski definition) is 2. The zero-order valence-electron chi connectivity index (χ0n) is 35.4. The molecular formula is C62H40N2S. The molecule has 0 fully saturated rings.